The molecule has 4 atom stereocenters. The maximum absolute atomic E-state index is 13.4. The van der Waals surface area contributed by atoms with Crippen LogP contribution in [0.5, 0.6) is 0 Å². The molecular formula is C19H15ClN2O9. The number of carbonyl (C=O) groups excluding carboxylic acids is 4. The molecule has 162 valence electrons. The van der Waals surface area contributed by atoms with Crippen molar-refractivity contribution in [1.29, 1.82) is 0 Å². The molecule has 3 heterocycles. The standard InChI is InChI=1S/C19H15ClN2O9/c1-8(23)29-18(30-9(2)24)19-6-5-13(31-19)14-15(19)17(26)21(16(14)25)11-4-3-10(20)7-12(11)22(27)28/h3-7,13-15,18H,1-2H3/t13-,14-,15-,19+/m1/s1. The summed E-state index contributed by atoms with van der Waals surface area (Å²) < 4.78 is 16.0. The van der Waals surface area contributed by atoms with Gasteiger partial charge >= 0.3 is 11.9 Å². The molecule has 4 rings (SSSR count). The number of anilines is 1. The summed E-state index contributed by atoms with van der Waals surface area (Å²) in [6.45, 7) is 2.17. The van der Waals surface area contributed by atoms with Crippen molar-refractivity contribution in [1.82, 2.24) is 0 Å². The molecule has 12 heteroatoms. The van der Waals surface area contributed by atoms with Gasteiger partial charge in [0.15, 0.2) is 5.60 Å². The summed E-state index contributed by atoms with van der Waals surface area (Å²) in [5, 5.41) is 11.5. The average molecular weight is 451 g/mol. The lowest BCUT2D eigenvalue weighted by Crippen LogP contribution is -2.52. The van der Waals surface area contributed by atoms with Gasteiger partial charge < -0.3 is 14.2 Å². The molecule has 0 N–H and O–H groups in total. The van der Waals surface area contributed by atoms with Gasteiger partial charge in [-0.25, -0.2) is 4.90 Å². The highest BCUT2D eigenvalue weighted by molar-refractivity contribution is 6.31. The number of fused-ring (bicyclic) bond motifs is 5. The second kappa shape index (κ2) is 7.13. The van der Waals surface area contributed by atoms with Crippen LogP contribution in [0.2, 0.25) is 5.02 Å². The van der Waals surface area contributed by atoms with Crippen LogP contribution in [0.15, 0.2) is 30.4 Å². The number of benzene rings is 1. The predicted octanol–water partition coefficient (Wildman–Crippen LogP) is 1.51. The number of nitro benzene ring substituents is 1. The van der Waals surface area contributed by atoms with Crippen LogP contribution in [-0.4, -0.2) is 46.7 Å². The molecule has 3 aliphatic heterocycles. The van der Waals surface area contributed by atoms with Crippen LogP contribution in [0.4, 0.5) is 11.4 Å². The summed E-state index contributed by atoms with van der Waals surface area (Å²) >= 11 is 5.83. The van der Waals surface area contributed by atoms with Gasteiger partial charge in [0.2, 0.25) is 11.8 Å². The lowest BCUT2D eigenvalue weighted by molar-refractivity contribution is -0.384. The monoisotopic (exact) mass is 450 g/mol. The number of imide groups is 1. The van der Waals surface area contributed by atoms with Crippen molar-refractivity contribution in [3.63, 3.8) is 0 Å². The summed E-state index contributed by atoms with van der Waals surface area (Å²) in [7, 11) is 0. The number of hydrogen-bond acceptors (Lipinski definition) is 9. The smallest absolute Gasteiger partial charge is 0.305 e. The molecule has 1 aromatic carbocycles. The zero-order valence-electron chi connectivity index (χ0n) is 16.1. The third-order valence-corrected chi connectivity index (χ3v) is 5.60. The van der Waals surface area contributed by atoms with E-state index in [1.807, 2.05) is 0 Å². The highest BCUT2D eigenvalue weighted by Crippen LogP contribution is 2.55. The van der Waals surface area contributed by atoms with Crippen LogP contribution < -0.4 is 4.90 Å². The van der Waals surface area contributed by atoms with E-state index in [1.165, 1.54) is 24.3 Å². The minimum atomic E-state index is -1.74. The van der Waals surface area contributed by atoms with Crippen molar-refractivity contribution in [3.8, 4) is 0 Å². The van der Waals surface area contributed by atoms with E-state index in [9.17, 15) is 29.3 Å². The Bertz CT molecular complexity index is 1050. The summed E-state index contributed by atoms with van der Waals surface area (Å²) in [4.78, 5) is 61.2. The van der Waals surface area contributed by atoms with Crippen molar-refractivity contribution < 1.29 is 38.3 Å². The fourth-order valence-electron chi connectivity index (χ4n) is 4.29. The second-order valence-corrected chi connectivity index (χ2v) is 7.69. The van der Waals surface area contributed by atoms with Crippen molar-refractivity contribution in [2.75, 3.05) is 4.90 Å². The minimum Gasteiger partial charge on any atom is -0.422 e. The Balaban J connectivity index is 1.79. The summed E-state index contributed by atoms with van der Waals surface area (Å²) in [6.07, 6.45) is 0.425. The molecule has 11 nitrogen and oxygen atoms in total. The van der Waals surface area contributed by atoms with Crippen molar-refractivity contribution in [2.45, 2.75) is 31.8 Å². The molecule has 2 saturated heterocycles. The van der Waals surface area contributed by atoms with Gasteiger partial charge in [0, 0.05) is 24.9 Å². The highest BCUT2D eigenvalue weighted by Gasteiger charge is 2.72. The lowest BCUT2D eigenvalue weighted by Gasteiger charge is -2.34. The molecule has 0 unspecified atom stereocenters. The number of hydrogen-bond donors (Lipinski definition) is 0. The number of amides is 2. The SMILES string of the molecule is CC(=O)OC(OC(C)=O)[C@@]12C=C[C@@H](O1)[C@H]1C(=O)N(c3ccc(Cl)cc3[N+](=O)[O-])C(=O)[C@@H]12. The number of carbonyl (C=O) groups is 4. The third kappa shape index (κ3) is 3.08. The van der Waals surface area contributed by atoms with E-state index < -0.39 is 64.2 Å². The van der Waals surface area contributed by atoms with E-state index in [1.54, 1.807) is 0 Å². The number of esters is 2. The molecule has 0 saturated carbocycles. The van der Waals surface area contributed by atoms with Crippen LogP contribution in [0, 0.1) is 22.0 Å². The fraction of sp³-hybridized carbons (Fsp3) is 0.368. The van der Waals surface area contributed by atoms with Crippen LogP contribution in [-0.2, 0) is 33.4 Å². The lowest BCUT2D eigenvalue weighted by atomic mass is 9.76. The summed E-state index contributed by atoms with van der Waals surface area (Å²) in [6, 6.07) is 3.55. The van der Waals surface area contributed by atoms with Gasteiger partial charge in [-0.3, -0.25) is 29.3 Å². The first kappa shape index (κ1) is 20.9. The Morgan fingerprint density at radius 3 is 2.45 bits per heavy atom. The first-order valence-corrected chi connectivity index (χ1v) is 9.48. The molecule has 0 spiro atoms. The summed E-state index contributed by atoms with van der Waals surface area (Å²) in [5.41, 5.74) is -2.51. The maximum Gasteiger partial charge on any atom is 0.305 e. The molecule has 2 bridgehead atoms. The van der Waals surface area contributed by atoms with Crippen molar-refractivity contribution >= 4 is 46.7 Å². The van der Waals surface area contributed by atoms with Crippen molar-refractivity contribution in [2.24, 2.45) is 11.8 Å². The normalized spacial score (nSPS) is 28.3. The van der Waals surface area contributed by atoms with Crippen LogP contribution in [0.25, 0.3) is 0 Å². The van der Waals surface area contributed by atoms with E-state index in [-0.39, 0.29) is 10.7 Å². The first-order chi connectivity index (χ1) is 14.6. The van der Waals surface area contributed by atoms with Gasteiger partial charge in [-0.15, -0.1) is 0 Å². The molecule has 2 fully saturated rings. The number of rotatable bonds is 5. The summed E-state index contributed by atoms with van der Waals surface area (Å²) in [5.74, 6) is -5.40. The number of nitro groups is 1. The number of halogens is 1. The molecule has 0 aliphatic carbocycles. The largest absolute Gasteiger partial charge is 0.422 e. The van der Waals surface area contributed by atoms with E-state index in [2.05, 4.69) is 0 Å². The minimum absolute atomic E-state index is 0.0565. The van der Waals surface area contributed by atoms with E-state index in [0.29, 0.717) is 4.90 Å². The molecule has 3 aliphatic rings. The maximum atomic E-state index is 13.4. The van der Waals surface area contributed by atoms with Crippen LogP contribution in [0.1, 0.15) is 13.8 Å². The van der Waals surface area contributed by atoms with Gasteiger partial charge in [0.1, 0.15) is 5.69 Å². The van der Waals surface area contributed by atoms with Crippen LogP contribution >= 0.6 is 11.6 Å². The average Bonchev–Trinajstić information content (AvgIpc) is 3.32. The molecule has 1 aromatic rings. The number of ether oxygens (including phenoxy) is 3. The second-order valence-electron chi connectivity index (χ2n) is 7.25. The van der Waals surface area contributed by atoms with Gasteiger partial charge in [-0.05, 0) is 18.2 Å². The van der Waals surface area contributed by atoms with Gasteiger partial charge in [-0.1, -0.05) is 17.7 Å². The zero-order chi connectivity index (χ0) is 22.7. The van der Waals surface area contributed by atoms with Crippen molar-refractivity contribution in [3.05, 3.63) is 45.5 Å². The van der Waals surface area contributed by atoms with Gasteiger partial charge in [0.25, 0.3) is 12.0 Å². The van der Waals surface area contributed by atoms with Gasteiger partial charge in [-0.2, -0.15) is 0 Å². The van der Waals surface area contributed by atoms with E-state index >= 15 is 0 Å². The number of nitrogens with zero attached hydrogens (tertiary/aromatic N) is 2. The molecule has 2 amide bonds. The molecule has 0 aromatic heterocycles. The van der Waals surface area contributed by atoms with E-state index in [4.69, 9.17) is 25.8 Å². The molecular weight excluding hydrogens is 436 g/mol. The molecule has 0 radical (unpaired) electrons. The Hall–Kier alpha value is -3.31. The predicted molar refractivity (Wildman–Crippen MR) is 102 cm³/mol. The van der Waals surface area contributed by atoms with Gasteiger partial charge in [0.05, 0.1) is 22.9 Å². The topological polar surface area (TPSA) is 142 Å². The first-order valence-electron chi connectivity index (χ1n) is 9.10. The van der Waals surface area contributed by atoms with E-state index in [0.717, 1.165) is 19.9 Å². The Kier molecular flexibility index (Phi) is 4.82. The zero-order valence-corrected chi connectivity index (χ0v) is 16.9. The molecule has 31 heavy (non-hydrogen) atoms. The Morgan fingerprint density at radius 1 is 1.23 bits per heavy atom. The Labute approximate surface area is 179 Å². The quantitative estimate of drug-likeness (QED) is 0.163. The van der Waals surface area contributed by atoms with Crippen LogP contribution in [0.3, 0.4) is 0 Å². The third-order valence-electron chi connectivity index (χ3n) is 5.37. The fourth-order valence-corrected chi connectivity index (χ4v) is 4.45. The highest BCUT2D eigenvalue weighted by atomic mass is 35.5. The Morgan fingerprint density at radius 2 is 1.87 bits per heavy atom.